The lowest BCUT2D eigenvalue weighted by molar-refractivity contribution is -0.116. The SMILES string of the molecule is CC(C)(C)c1ccc(O)c(NC(=O)CCNS(=O)(=O)c2ccc(F)cc2)c1. The maximum Gasteiger partial charge on any atom is 0.240 e. The fourth-order valence-corrected chi connectivity index (χ4v) is 3.34. The van der Waals surface area contributed by atoms with E-state index in [4.69, 9.17) is 0 Å². The third kappa shape index (κ3) is 5.77. The molecular formula is C19H23FN2O4S. The molecule has 0 aliphatic rings. The number of hydrogen-bond acceptors (Lipinski definition) is 4. The van der Waals surface area contributed by atoms with Gasteiger partial charge in [-0.15, -0.1) is 0 Å². The summed E-state index contributed by atoms with van der Waals surface area (Å²) in [6.45, 7) is 5.89. The molecule has 3 N–H and O–H groups in total. The van der Waals surface area contributed by atoms with Crippen molar-refractivity contribution in [1.29, 1.82) is 0 Å². The Morgan fingerprint density at radius 2 is 1.74 bits per heavy atom. The zero-order valence-electron chi connectivity index (χ0n) is 15.4. The lowest BCUT2D eigenvalue weighted by atomic mass is 9.87. The van der Waals surface area contributed by atoms with E-state index in [1.54, 1.807) is 12.1 Å². The van der Waals surface area contributed by atoms with Crippen LogP contribution in [0.5, 0.6) is 5.75 Å². The van der Waals surface area contributed by atoms with Gasteiger partial charge >= 0.3 is 0 Å². The molecule has 0 saturated heterocycles. The molecule has 0 unspecified atom stereocenters. The van der Waals surface area contributed by atoms with E-state index >= 15 is 0 Å². The Morgan fingerprint density at radius 3 is 2.33 bits per heavy atom. The molecule has 1 amide bonds. The highest BCUT2D eigenvalue weighted by molar-refractivity contribution is 7.89. The minimum absolute atomic E-state index is 0.0664. The summed E-state index contributed by atoms with van der Waals surface area (Å²) in [4.78, 5) is 12.0. The highest BCUT2D eigenvalue weighted by Crippen LogP contribution is 2.30. The van der Waals surface area contributed by atoms with E-state index in [1.165, 1.54) is 6.07 Å². The van der Waals surface area contributed by atoms with Crippen LogP contribution in [0.25, 0.3) is 0 Å². The lowest BCUT2D eigenvalue weighted by Gasteiger charge is -2.20. The van der Waals surface area contributed by atoms with Crippen LogP contribution in [0, 0.1) is 5.82 Å². The Morgan fingerprint density at radius 1 is 1.11 bits per heavy atom. The maximum atomic E-state index is 12.9. The van der Waals surface area contributed by atoms with Crippen molar-refractivity contribution in [2.75, 3.05) is 11.9 Å². The molecule has 0 heterocycles. The number of nitrogens with one attached hydrogen (secondary N) is 2. The largest absolute Gasteiger partial charge is 0.506 e. The summed E-state index contributed by atoms with van der Waals surface area (Å²) in [6, 6.07) is 9.37. The van der Waals surface area contributed by atoms with Gasteiger partial charge in [0, 0.05) is 13.0 Å². The number of sulfonamides is 1. The molecule has 0 saturated carbocycles. The molecule has 146 valence electrons. The highest BCUT2D eigenvalue weighted by atomic mass is 32.2. The average Bonchev–Trinajstić information content (AvgIpc) is 2.56. The smallest absolute Gasteiger partial charge is 0.240 e. The number of phenols is 1. The molecule has 0 radical (unpaired) electrons. The van der Waals surface area contributed by atoms with Crippen LogP contribution in [0.4, 0.5) is 10.1 Å². The molecule has 0 aliphatic heterocycles. The predicted molar refractivity (Wildman–Crippen MR) is 102 cm³/mol. The number of carbonyl (C=O) groups is 1. The molecule has 27 heavy (non-hydrogen) atoms. The molecule has 2 aromatic carbocycles. The Labute approximate surface area is 158 Å². The first-order valence-electron chi connectivity index (χ1n) is 8.37. The summed E-state index contributed by atoms with van der Waals surface area (Å²) in [6.07, 6.45) is -0.125. The highest BCUT2D eigenvalue weighted by Gasteiger charge is 2.17. The van der Waals surface area contributed by atoms with Gasteiger partial charge in [-0.1, -0.05) is 26.8 Å². The number of phenolic OH excluding ortho intramolecular Hbond substituents is 1. The Balaban J connectivity index is 1.96. The number of benzene rings is 2. The summed E-state index contributed by atoms with van der Waals surface area (Å²) >= 11 is 0. The molecule has 0 fully saturated rings. The van der Waals surface area contributed by atoms with E-state index in [1.807, 2.05) is 20.8 Å². The Bertz CT molecular complexity index is 920. The molecule has 0 aromatic heterocycles. The molecular weight excluding hydrogens is 371 g/mol. The van der Waals surface area contributed by atoms with E-state index in [-0.39, 0.29) is 34.7 Å². The normalized spacial score (nSPS) is 12.0. The summed E-state index contributed by atoms with van der Waals surface area (Å²) in [7, 11) is -3.83. The molecule has 0 bridgehead atoms. The molecule has 6 nitrogen and oxygen atoms in total. The van der Waals surface area contributed by atoms with Crippen LogP contribution in [-0.4, -0.2) is 26.0 Å². The number of carbonyl (C=O) groups excluding carboxylic acids is 1. The standard InChI is InChI=1S/C19H23FN2O4S/c1-19(2,3)13-4-9-17(23)16(12-13)22-18(24)10-11-21-27(25,26)15-7-5-14(20)6-8-15/h4-9,12,21,23H,10-11H2,1-3H3,(H,22,24). The average molecular weight is 394 g/mol. The van der Waals surface area contributed by atoms with Gasteiger partial charge in [0.25, 0.3) is 0 Å². The summed E-state index contributed by atoms with van der Waals surface area (Å²) in [5.74, 6) is -1.05. The topological polar surface area (TPSA) is 95.5 Å². The van der Waals surface area contributed by atoms with E-state index in [9.17, 15) is 22.7 Å². The number of amides is 1. The van der Waals surface area contributed by atoms with Gasteiger partial charge in [0.15, 0.2) is 0 Å². The molecule has 0 atom stereocenters. The monoisotopic (exact) mass is 394 g/mol. The number of halogens is 1. The number of aromatic hydroxyl groups is 1. The number of rotatable bonds is 6. The van der Waals surface area contributed by atoms with Crippen molar-refractivity contribution in [2.45, 2.75) is 37.5 Å². The third-order valence-electron chi connectivity index (χ3n) is 3.90. The van der Waals surface area contributed by atoms with Crippen molar-refractivity contribution in [1.82, 2.24) is 4.72 Å². The van der Waals surface area contributed by atoms with Crippen LogP contribution in [0.3, 0.4) is 0 Å². The maximum absolute atomic E-state index is 12.9. The van der Waals surface area contributed by atoms with E-state index in [0.717, 1.165) is 29.8 Å². The van der Waals surface area contributed by atoms with Gasteiger partial charge in [0.2, 0.25) is 15.9 Å². The van der Waals surface area contributed by atoms with Gasteiger partial charge in [-0.3, -0.25) is 4.79 Å². The molecule has 0 spiro atoms. The van der Waals surface area contributed by atoms with Gasteiger partial charge in [-0.2, -0.15) is 0 Å². The molecule has 2 aromatic rings. The fraction of sp³-hybridized carbons (Fsp3) is 0.316. The molecule has 0 aliphatic carbocycles. The summed E-state index contributed by atoms with van der Waals surface area (Å²) in [5, 5.41) is 12.5. The second kappa shape index (κ2) is 8.06. The zero-order chi connectivity index (χ0) is 20.2. The zero-order valence-corrected chi connectivity index (χ0v) is 16.2. The van der Waals surface area contributed by atoms with Crippen molar-refractivity contribution in [2.24, 2.45) is 0 Å². The van der Waals surface area contributed by atoms with Crippen molar-refractivity contribution < 1.29 is 22.7 Å². The Hall–Kier alpha value is -2.45. The van der Waals surface area contributed by atoms with Gasteiger partial charge in [0.05, 0.1) is 10.6 Å². The molecule has 2 rings (SSSR count). The van der Waals surface area contributed by atoms with Crippen molar-refractivity contribution >= 4 is 21.6 Å². The first kappa shape index (κ1) is 20.9. The van der Waals surface area contributed by atoms with Crippen LogP contribution < -0.4 is 10.0 Å². The number of hydrogen-bond donors (Lipinski definition) is 3. The Kier molecular flexibility index (Phi) is 6.22. The minimum Gasteiger partial charge on any atom is -0.506 e. The third-order valence-corrected chi connectivity index (χ3v) is 5.38. The van der Waals surface area contributed by atoms with Crippen molar-refractivity contribution in [3.63, 3.8) is 0 Å². The van der Waals surface area contributed by atoms with E-state index in [0.29, 0.717) is 0 Å². The van der Waals surface area contributed by atoms with Crippen LogP contribution in [0.1, 0.15) is 32.8 Å². The minimum atomic E-state index is -3.83. The summed E-state index contributed by atoms with van der Waals surface area (Å²) < 4.78 is 39.3. The summed E-state index contributed by atoms with van der Waals surface area (Å²) in [5.41, 5.74) is 1.05. The number of anilines is 1. The van der Waals surface area contributed by atoms with Crippen LogP contribution >= 0.6 is 0 Å². The van der Waals surface area contributed by atoms with Crippen LogP contribution in [-0.2, 0) is 20.2 Å². The van der Waals surface area contributed by atoms with Crippen LogP contribution in [0.2, 0.25) is 0 Å². The second-order valence-electron chi connectivity index (χ2n) is 7.13. The predicted octanol–water partition coefficient (Wildman–Crippen LogP) is 3.14. The lowest BCUT2D eigenvalue weighted by Crippen LogP contribution is -2.28. The van der Waals surface area contributed by atoms with Gasteiger partial charge in [0.1, 0.15) is 11.6 Å². The van der Waals surface area contributed by atoms with Crippen molar-refractivity contribution in [3.8, 4) is 5.75 Å². The first-order chi connectivity index (χ1) is 12.5. The van der Waals surface area contributed by atoms with Crippen molar-refractivity contribution in [3.05, 3.63) is 53.8 Å². The van der Waals surface area contributed by atoms with Gasteiger partial charge < -0.3 is 10.4 Å². The van der Waals surface area contributed by atoms with E-state index < -0.39 is 21.7 Å². The van der Waals surface area contributed by atoms with Gasteiger partial charge in [-0.05, 0) is 47.4 Å². The fourth-order valence-electron chi connectivity index (χ4n) is 2.31. The van der Waals surface area contributed by atoms with E-state index in [2.05, 4.69) is 10.0 Å². The second-order valence-corrected chi connectivity index (χ2v) is 8.90. The van der Waals surface area contributed by atoms with Gasteiger partial charge in [-0.25, -0.2) is 17.5 Å². The quantitative estimate of drug-likeness (QED) is 0.656. The molecule has 8 heteroatoms. The first-order valence-corrected chi connectivity index (χ1v) is 9.86. The van der Waals surface area contributed by atoms with Crippen LogP contribution in [0.15, 0.2) is 47.4 Å².